The molecule has 0 amide bonds. The Kier molecular flexibility index (Phi) is 5.24. The van der Waals surface area contributed by atoms with Crippen molar-refractivity contribution in [2.75, 3.05) is 16.4 Å². The van der Waals surface area contributed by atoms with E-state index in [0.29, 0.717) is 23.4 Å². The first kappa shape index (κ1) is 20.9. The molecule has 2 aromatic heterocycles. The number of hydrogen-bond donors (Lipinski definition) is 3. The summed E-state index contributed by atoms with van der Waals surface area (Å²) in [6, 6.07) is 13.8. The average Bonchev–Trinajstić information content (AvgIpc) is 2.97. The molecule has 34 heavy (non-hydrogen) atoms. The topological polar surface area (TPSA) is 144 Å². The fourth-order valence-corrected chi connectivity index (χ4v) is 3.86. The number of benzene rings is 2. The number of nitrogen functional groups attached to an aromatic ring is 2. The van der Waals surface area contributed by atoms with Gasteiger partial charge in [-0.25, -0.2) is 9.97 Å². The van der Waals surface area contributed by atoms with E-state index < -0.39 is 5.97 Å². The van der Waals surface area contributed by atoms with Crippen molar-refractivity contribution in [3.63, 3.8) is 0 Å². The van der Waals surface area contributed by atoms with Crippen LogP contribution in [0.5, 0.6) is 0 Å². The molecular weight excluding hydrogens is 430 g/mol. The molecule has 0 saturated heterocycles. The van der Waals surface area contributed by atoms with E-state index in [4.69, 9.17) is 16.6 Å². The Morgan fingerprint density at radius 1 is 1.00 bits per heavy atom. The van der Waals surface area contributed by atoms with Crippen LogP contribution in [0.4, 0.5) is 23.1 Å². The van der Waals surface area contributed by atoms with Crippen LogP contribution in [0, 0.1) is 11.8 Å². The molecule has 5 rings (SSSR count). The van der Waals surface area contributed by atoms with Crippen molar-refractivity contribution in [1.29, 1.82) is 0 Å². The highest BCUT2D eigenvalue weighted by Crippen LogP contribution is 2.38. The summed E-state index contributed by atoms with van der Waals surface area (Å²) in [5, 5.41) is 8.95. The summed E-state index contributed by atoms with van der Waals surface area (Å²) in [5.41, 5.74) is 17.6. The molecule has 3 heterocycles. The molecule has 166 valence electrons. The van der Waals surface area contributed by atoms with Gasteiger partial charge in [0.05, 0.1) is 24.1 Å². The quantitative estimate of drug-likeness (QED) is 0.401. The SMILES string of the molecule is Nc1nc(N)c2nc(CN3c4ccccc4C=Cc4c(C#CCC(=O)O)cccc43)cnc2n1. The predicted molar refractivity (Wildman–Crippen MR) is 131 cm³/mol. The van der Waals surface area contributed by atoms with Crippen molar-refractivity contribution < 1.29 is 9.90 Å². The maximum Gasteiger partial charge on any atom is 0.315 e. The molecule has 0 atom stereocenters. The Hall–Kier alpha value is -4.97. The predicted octanol–water partition coefficient (Wildman–Crippen LogP) is 3.23. The van der Waals surface area contributed by atoms with Crippen molar-refractivity contribution in [3.05, 3.63) is 71.0 Å². The molecule has 2 aromatic carbocycles. The van der Waals surface area contributed by atoms with Gasteiger partial charge in [0.25, 0.3) is 0 Å². The minimum Gasteiger partial charge on any atom is -0.481 e. The van der Waals surface area contributed by atoms with E-state index >= 15 is 0 Å². The molecule has 5 N–H and O–H groups in total. The zero-order chi connectivity index (χ0) is 23.7. The van der Waals surface area contributed by atoms with Gasteiger partial charge in [-0.05, 0) is 23.8 Å². The third kappa shape index (κ3) is 3.96. The number of nitrogens with two attached hydrogens (primary N) is 2. The lowest BCUT2D eigenvalue weighted by atomic mass is 10.0. The first-order valence-corrected chi connectivity index (χ1v) is 10.4. The summed E-state index contributed by atoms with van der Waals surface area (Å²) in [4.78, 5) is 30.2. The summed E-state index contributed by atoms with van der Waals surface area (Å²) in [7, 11) is 0. The van der Waals surface area contributed by atoms with Gasteiger partial charge in [0.1, 0.15) is 6.42 Å². The number of rotatable bonds is 3. The monoisotopic (exact) mass is 449 g/mol. The molecular formula is C25H19N7O2. The van der Waals surface area contributed by atoms with Crippen LogP contribution in [0.2, 0.25) is 0 Å². The number of nitrogens with zero attached hydrogens (tertiary/aromatic N) is 5. The first-order chi connectivity index (χ1) is 16.5. The van der Waals surface area contributed by atoms with E-state index in [1.165, 1.54) is 0 Å². The van der Waals surface area contributed by atoms with Crippen LogP contribution in [0.1, 0.15) is 28.8 Å². The number of para-hydroxylation sites is 1. The fourth-order valence-electron chi connectivity index (χ4n) is 3.86. The third-order valence-corrected chi connectivity index (χ3v) is 5.31. The Balaban J connectivity index is 1.62. The third-order valence-electron chi connectivity index (χ3n) is 5.31. The zero-order valence-corrected chi connectivity index (χ0v) is 17.9. The molecule has 0 unspecified atom stereocenters. The van der Waals surface area contributed by atoms with E-state index in [9.17, 15) is 4.79 Å². The van der Waals surface area contributed by atoms with Gasteiger partial charge in [-0.1, -0.05) is 48.3 Å². The normalized spacial score (nSPS) is 11.8. The number of aliphatic carboxylic acids is 1. The average molecular weight is 449 g/mol. The lowest BCUT2D eigenvalue weighted by Crippen LogP contribution is -2.19. The second-order valence-corrected chi connectivity index (χ2v) is 7.59. The lowest BCUT2D eigenvalue weighted by Gasteiger charge is -2.27. The number of carbonyl (C=O) groups is 1. The van der Waals surface area contributed by atoms with Crippen LogP contribution < -0.4 is 16.4 Å². The molecule has 1 aliphatic heterocycles. The van der Waals surface area contributed by atoms with Crippen molar-refractivity contribution in [3.8, 4) is 11.8 Å². The van der Waals surface area contributed by atoms with Gasteiger partial charge < -0.3 is 21.5 Å². The largest absolute Gasteiger partial charge is 0.481 e. The van der Waals surface area contributed by atoms with Gasteiger partial charge in [0, 0.05) is 16.8 Å². The number of hydrogen-bond acceptors (Lipinski definition) is 8. The maximum absolute atomic E-state index is 10.9. The molecule has 0 spiro atoms. The number of anilines is 4. The van der Waals surface area contributed by atoms with Crippen LogP contribution >= 0.6 is 0 Å². The molecule has 1 aliphatic rings. The smallest absolute Gasteiger partial charge is 0.315 e. The van der Waals surface area contributed by atoms with Crippen molar-refractivity contribution >= 4 is 52.4 Å². The van der Waals surface area contributed by atoms with Crippen molar-refractivity contribution in [2.45, 2.75) is 13.0 Å². The van der Waals surface area contributed by atoms with Gasteiger partial charge in [0.2, 0.25) is 5.95 Å². The second-order valence-electron chi connectivity index (χ2n) is 7.59. The van der Waals surface area contributed by atoms with Crippen LogP contribution in [-0.4, -0.2) is 31.0 Å². The minimum absolute atomic E-state index is 0.0463. The van der Waals surface area contributed by atoms with Crippen LogP contribution in [0.15, 0.2) is 48.7 Å². The fraction of sp³-hybridized carbons (Fsp3) is 0.0800. The Bertz CT molecular complexity index is 1540. The first-order valence-electron chi connectivity index (χ1n) is 10.4. The summed E-state index contributed by atoms with van der Waals surface area (Å²) >= 11 is 0. The number of carboxylic acids is 1. The number of fused-ring (bicyclic) bond motifs is 3. The second kappa shape index (κ2) is 8.52. The summed E-state index contributed by atoms with van der Waals surface area (Å²) in [5.74, 6) is 4.98. The Morgan fingerprint density at radius 3 is 2.68 bits per heavy atom. The van der Waals surface area contributed by atoms with E-state index in [1.54, 1.807) is 6.20 Å². The van der Waals surface area contributed by atoms with E-state index in [2.05, 4.69) is 36.7 Å². The molecule has 0 fully saturated rings. The summed E-state index contributed by atoms with van der Waals surface area (Å²) in [6.45, 7) is 0.393. The maximum atomic E-state index is 10.9. The summed E-state index contributed by atoms with van der Waals surface area (Å²) < 4.78 is 0. The Morgan fingerprint density at radius 2 is 1.82 bits per heavy atom. The van der Waals surface area contributed by atoms with Crippen molar-refractivity contribution in [1.82, 2.24) is 19.9 Å². The van der Waals surface area contributed by atoms with Gasteiger partial charge in [-0.15, -0.1) is 0 Å². The Labute approximate surface area is 194 Å². The van der Waals surface area contributed by atoms with Gasteiger partial charge in [0.15, 0.2) is 17.0 Å². The van der Waals surface area contributed by atoms with E-state index in [1.807, 2.05) is 54.6 Å². The zero-order valence-electron chi connectivity index (χ0n) is 17.9. The van der Waals surface area contributed by atoms with Crippen molar-refractivity contribution in [2.24, 2.45) is 0 Å². The standard InChI is InChI=1S/C25H19N7O2/c26-23-22-24(31-25(27)30-23)28-13-17(29-22)14-32-19-8-2-1-5-16(19)11-12-18-15(6-3-9-20(18)32)7-4-10-21(33)34/h1-3,5-6,8-9,11-13H,10,14H2,(H,33,34)(H4,26,27,28,30,31). The van der Waals surface area contributed by atoms with E-state index in [-0.39, 0.29) is 18.2 Å². The van der Waals surface area contributed by atoms with Gasteiger partial charge >= 0.3 is 5.97 Å². The molecule has 0 bridgehead atoms. The van der Waals surface area contributed by atoms with Crippen LogP contribution in [0.25, 0.3) is 23.3 Å². The molecule has 0 aliphatic carbocycles. The van der Waals surface area contributed by atoms with Crippen LogP contribution in [-0.2, 0) is 11.3 Å². The highest BCUT2D eigenvalue weighted by molar-refractivity contribution is 5.91. The summed E-state index contributed by atoms with van der Waals surface area (Å²) in [6.07, 6.45) is 5.44. The van der Waals surface area contributed by atoms with Crippen LogP contribution in [0.3, 0.4) is 0 Å². The number of carboxylic acid groups (broad SMARTS) is 1. The van der Waals surface area contributed by atoms with Gasteiger partial charge in [-0.2, -0.15) is 9.97 Å². The minimum atomic E-state index is -0.959. The molecule has 0 radical (unpaired) electrons. The highest BCUT2D eigenvalue weighted by atomic mass is 16.4. The molecule has 9 heteroatoms. The molecule has 4 aromatic rings. The number of aromatic nitrogens is 4. The lowest BCUT2D eigenvalue weighted by molar-refractivity contribution is -0.135. The van der Waals surface area contributed by atoms with Gasteiger partial charge in [-0.3, -0.25) is 4.79 Å². The highest BCUT2D eigenvalue weighted by Gasteiger charge is 2.21. The molecule has 0 saturated carbocycles. The molecule has 9 nitrogen and oxygen atoms in total. The van der Waals surface area contributed by atoms with E-state index in [0.717, 1.165) is 28.1 Å².